The molecule has 0 aliphatic heterocycles. The van der Waals surface area contributed by atoms with E-state index in [1.54, 1.807) is 12.1 Å². The largest absolute Gasteiger partial charge is 0.309 e. The summed E-state index contributed by atoms with van der Waals surface area (Å²) in [6.45, 7) is 0. The fourth-order valence-electron chi connectivity index (χ4n) is 3.89. The number of aromatic nitrogens is 1. The molecule has 4 nitrogen and oxygen atoms in total. The molecule has 0 bridgehead atoms. The molecule has 29 heavy (non-hydrogen) atoms. The zero-order chi connectivity index (χ0) is 20.0. The fourth-order valence-corrected chi connectivity index (χ4v) is 4.24. The predicted octanol–water partition coefficient (Wildman–Crippen LogP) is 7.12. The monoisotopic (exact) mass is 442 g/mol. The summed E-state index contributed by atoms with van der Waals surface area (Å²) in [5, 5.41) is 13.9. The average Bonchev–Trinajstić information content (AvgIpc) is 3.08. The van der Waals surface area contributed by atoms with E-state index in [0.717, 1.165) is 33.1 Å². The van der Waals surface area contributed by atoms with Crippen molar-refractivity contribution in [1.82, 2.24) is 4.57 Å². The van der Waals surface area contributed by atoms with E-state index < -0.39 is 0 Å². The van der Waals surface area contributed by atoms with Gasteiger partial charge >= 0.3 is 0 Å². The van der Waals surface area contributed by atoms with E-state index in [9.17, 15) is 10.1 Å². The van der Waals surface area contributed by atoms with Crippen LogP contribution in [-0.4, -0.2) is 9.49 Å². The fraction of sp³-hybridized carbons (Fsp3) is 0. The van der Waals surface area contributed by atoms with E-state index >= 15 is 0 Å². The summed E-state index contributed by atoms with van der Waals surface area (Å²) in [4.78, 5) is 11.3. The number of fused-ring (bicyclic) bond motifs is 3. The molecular weight excluding hydrogens is 428 g/mol. The van der Waals surface area contributed by atoms with Gasteiger partial charge in [0.25, 0.3) is 5.69 Å². The third-order valence-electron chi connectivity index (χ3n) is 5.16. The maximum Gasteiger partial charge on any atom is 0.278 e. The van der Waals surface area contributed by atoms with Gasteiger partial charge in [-0.3, -0.25) is 10.1 Å². The smallest absolute Gasteiger partial charge is 0.278 e. The molecule has 0 N–H and O–H groups in total. The van der Waals surface area contributed by atoms with Crippen LogP contribution < -0.4 is 0 Å². The Labute approximate surface area is 175 Å². The molecule has 1 heterocycles. The van der Waals surface area contributed by atoms with Gasteiger partial charge in [-0.2, -0.15) is 0 Å². The van der Waals surface area contributed by atoms with Gasteiger partial charge in [0, 0.05) is 27.0 Å². The Kier molecular flexibility index (Phi) is 4.18. The van der Waals surface area contributed by atoms with Gasteiger partial charge < -0.3 is 4.57 Å². The van der Waals surface area contributed by atoms with E-state index in [1.165, 1.54) is 0 Å². The molecule has 0 amide bonds. The highest BCUT2D eigenvalue weighted by molar-refractivity contribution is 9.10. The van der Waals surface area contributed by atoms with Crippen molar-refractivity contribution in [3.05, 3.63) is 106 Å². The summed E-state index contributed by atoms with van der Waals surface area (Å²) in [7, 11) is 0. The van der Waals surface area contributed by atoms with Gasteiger partial charge in [0.15, 0.2) is 0 Å². The number of rotatable bonds is 3. The number of hydrogen-bond acceptors (Lipinski definition) is 2. The molecule has 0 fully saturated rings. The zero-order valence-corrected chi connectivity index (χ0v) is 16.8. The molecule has 5 rings (SSSR count). The minimum atomic E-state index is -0.336. The Morgan fingerprint density at radius 3 is 2.28 bits per heavy atom. The normalized spacial score (nSPS) is 11.2. The van der Waals surface area contributed by atoms with Gasteiger partial charge in [-0.15, -0.1) is 0 Å². The molecular formula is C24H15BrN2O2. The van der Waals surface area contributed by atoms with Crippen molar-refractivity contribution in [2.24, 2.45) is 0 Å². The first-order chi connectivity index (χ1) is 14.1. The first-order valence-corrected chi connectivity index (χ1v) is 9.96. The van der Waals surface area contributed by atoms with Crippen LogP contribution in [0.2, 0.25) is 0 Å². The van der Waals surface area contributed by atoms with Gasteiger partial charge in [0.1, 0.15) is 0 Å². The van der Waals surface area contributed by atoms with Gasteiger partial charge in [-0.1, -0.05) is 64.5 Å². The Morgan fingerprint density at radius 2 is 1.48 bits per heavy atom. The van der Waals surface area contributed by atoms with E-state index in [0.29, 0.717) is 10.0 Å². The highest BCUT2D eigenvalue weighted by Crippen LogP contribution is 2.37. The summed E-state index contributed by atoms with van der Waals surface area (Å²) < 4.78 is 2.89. The van der Waals surface area contributed by atoms with Gasteiger partial charge in [0.2, 0.25) is 0 Å². The molecule has 0 aliphatic rings. The number of hydrogen-bond donors (Lipinski definition) is 0. The van der Waals surface area contributed by atoms with Crippen LogP contribution in [0.4, 0.5) is 5.69 Å². The first-order valence-electron chi connectivity index (χ1n) is 9.16. The molecule has 0 unspecified atom stereocenters. The summed E-state index contributed by atoms with van der Waals surface area (Å²) in [5.41, 5.74) is 4.69. The van der Waals surface area contributed by atoms with Crippen molar-refractivity contribution >= 4 is 43.4 Å². The van der Waals surface area contributed by atoms with Crippen LogP contribution in [0.3, 0.4) is 0 Å². The van der Waals surface area contributed by atoms with Crippen molar-refractivity contribution in [3.8, 4) is 16.8 Å². The molecule has 5 heteroatoms. The van der Waals surface area contributed by atoms with Crippen LogP contribution in [0.25, 0.3) is 38.6 Å². The molecule has 0 saturated heterocycles. The SMILES string of the molecule is O=[N+]([O-])c1cc(Br)ccc1-c1ccc2c3ccccc3n(-c3ccccc3)c2c1. The van der Waals surface area contributed by atoms with Gasteiger partial charge in [-0.25, -0.2) is 0 Å². The van der Waals surface area contributed by atoms with Crippen LogP contribution in [0.5, 0.6) is 0 Å². The van der Waals surface area contributed by atoms with Crippen LogP contribution in [-0.2, 0) is 0 Å². The lowest BCUT2D eigenvalue weighted by molar-refractivity contribution is -0.384. The number of nitro benzene ring substituents is 1. The Hall–Kier alpha value is -3.44. The van der Waals surface area contributed by atoms with E-state index in [-0.39, 0.29) is 10.6 Å². The quantitative estimate of drug-likeness (QED) is 0.220. The minimum absolute atomic E-state index is 0.0843. The summed E-state index contributed by atoms with van der Waals surface area (Å²) >= 11 is 3.33. The van der Waals surface area contributed by atoms with Crippen LogP contribution in [0, 0.1) is 10.1 Å². The van der Waals surface area contributed by atoms with Crippen molar-refractivity contribution in [2.75, 3.05) is 0 Å². The average molecular weight is 443 g/mol. The van der Waals surface area contributed by atoms with E-state index in [2.05, 4.69) is 50.8 Å². The van der Waals surface area contributed by atoms with Crippen LogP contribution >= 0.6 is 15.9 Å². The molecule has 140 valence electrons. The molecule has 0 radical (unpaired) electrons. The third kappa shape index (κ3) is 2.91. The molecule has 5 aromatic rings. The number of benzene rings is 4. The lowest BCUT2D eigenvalue weighted by Crippen LogP contribution is -1.94. The topological polar surface area (TPSA) is 48.1 Å². The van der Waals surface area contributed by atoms with E-state index in [1.807, 2.05) is 48.5 Å². The lowest BCUT2D eigenvalue weighted by Gasteiger charge is -2.09. The molecule has 0 aliphatic carbocycles. The second kappa shape index (κ2) is 6.87. The Balaban J connectivity index is 1.85. The van der Waals surface area contributed by atoms with Crippen molar-refractivity contribution in [1.29, 1.82) is 0 Å². The second-order valence-electron chi connectivity index (χ2n) is 6.84. The highest BCUT2D eigenvalue weighted by Gasteiger charge is 2.18. The maximum absolute atomic E-state index is 11.6. The molecule has 0 atom stereocenters. The number of nitro groups is 1. The molecule has 0 spiro atoms. The zero-order valence-electron chi connectivity index (χ0n) is 15.2. The van der Waals surface area contributed by atoms with E-state index in [4.69, 9.17) is 0 Å². The maximum atomic E-state index is 11.6. The summed E-state index contributed by atoms with van der Waals surface area (Å²) in [6, 6.07) is 29.7. The minimum Gasteiger partial charge on any atom is -0.309 e. The summed E-state index contributed by atoms with van der Waals surface area (Å²) in [6.07, 6.45) is 0. The number of para-hydroxylation sites is 2. The predicted molar refractivity (Wildman–Crippen MR) is 121 cm³/mol. The van der Waals surface area contributed by atoms with Crippen LogP contribution in [0.15, 0.2) is 95.5 Å². The first kappa shape index (κ1) is 17.6. The second-order valence-corrected chi connectivity index (χ2v) is 7.75. The summed E-state index contributed by atoms with van der Waals surface area (Å²) in [5.74, 6) is 0. The van der Waals surface area contributed by atoms with Crippen molar-refractivity contribution in [2.45, 2.75) is 0 Å². The van der Waals surface area contributed by atoms with Crippen LogP contribution in [0.1, 0.15) is 0 Å². The molecule has 1 aromatic heterocycles. The van der Waals surface area contributed by atoms with Gasteiger partial charge in [0.05, 0.1) is 21.5 Å². The van der Waals surface area contributed by atoms with Crippen molar-refractivity contribution < 1.29 is 4.92 Å². The van der Waals surface area contributed by atoms with Crippen molar-refractivity contribution in [3.63, 3.8) is 0 Å². The lowest BCUT2D eigenvalue weighted by atomic mass is 10.0. The van der Waals surface area contributed by atoms with Gasteiger partial charge in [-0.05, 0) is 42.0 Å². The molecule has 0 saturated carbocycles. The third-order valence-corrected chi connectivity index (χ3v) is 5.65. The molecule has 4 aromatic carbocycles. The Morgan fingerprint density at radius 1 is 0.759 bits per heavy atom. The standard InChI is InChI=1S/C24H15BrN2O2/c25-17-11-13-19(24(15-17)27(28)29)16-10-12-21-20-8-4-5-9-22(20)26(23(21)14-16)18-6-2-1-3-7-18/h1-15H. The number of halogens is 1. The highest BCUT2D eigenvalue weighted by atomic mass is 79.9. The Bertz CT molecular complexity index is 1390. The number of nitrogens with zero attached hydrogens (tertiary/aromatic N) is 2.